The normalized spacial score (nSPS) is 22.6. The van der Waals surface area contributed by atoms with E-state index >= 15 is 0 Å². The average Bonchev–Trinajstić information content (AvgIpc) is 2.11. The Morgan fingerprint density at radius 3 is 2.85 bits per heavy atom. The summed E-state index contributed by atoms with van der Waals surface area (Å²) in [4.78, 5) is 0. The van der Waals surface area contributed by atoms with Gasteiger partial charge >= 0.3 is 0 Å². The van der Waals surface area contributed by atoms with Crippen LogP contribution in [0.3, 0.4) is 0 Å². The van der Waals surface area contributed by atoms with Crippen LogP contribution in [-0.4, -0.2) is 13.6 Å². The number of allylic oxidation sites excluding steroid dienone is 2. The first-order chi connectivity index (χ1) is 6.19. The van der Waals surface area contributed by atoms with Crippen molar-refractivity contribution < 1.29 is 8.78 Å². The van der Waals surface area contributed by atoms with Crippen molar-refractivity contribution in [3.05, 3.63) is 23.3 Å². The lowest BCUT2D eigenvalue weighted by Crippen LogP contribution is -2.15. The minimum absolute atomic E-state index is 0.0130. The molecule has 13 heavy (non-hydrogen) atoms. The third-order valence-electron chi connectivity index (χ3n) is 1.88. The van der Waals surface area contributed by atoms with Crippen LogP contribution in [0.2, 0.25) is 0 Å². The number of nitrogens with zero attached hydrogens (tertiary/aromatic N) is 1. The molecule has 0 aromatic rings. The molecule has 0 aromatic heterocycles. The fraction of sp³-hybridized carbons (Fsp3) is 0.444. The lowest BCUT2D eigenvalue weighted by atomic mass is 9.96. The topological polar surface area (TPSA) is 35.8 Å². The fourth-order valence-corrected chi connectivity index (χ4v) is 1.22. The van der Waals surface area contributed by atoms with E-state index < -0.39 is 17.6 Å². The maximum atomic E-state index is 13.1. The highest BCUT2D eigenvalue weighted by Crippen LogP contribution is 2.29. The molecule has 70 valence electrons. The van der Waals surface area contributed by atoms with Crippen LogP contribution in [0.25, 0.3) is 0 Å². The standard InChI is InChI=1S/C9H10F2N2/c1-13-5-7-8(10)2-6(4-12)3-9(7)11/h2,6,13H,3,5H2,1H3. The summed E-state index contributed by atoms with van der Waals surface area (Å²) in [6.07, 6.45) is 1.15. The molecule has 1 atom stereocenters. The molecule has 0 fully saturated rings. The number of nitriles is 1. The second kappa shape index (κ2) is 4.15. The summed E-state index contributed by atoms with van der Waals surface area (Å²) in [5, 5.41) is 11.1. The smallest absolute Gasteiger partial charge is 0.127 e. The van der Waals surface area contributed by atoms with Crippen LogP contribution < -0.4 is 5.32 Å². The number of halogens is 2. The zero-order chi connectivity index (χ0) is 9.84. The van der Waals surface area contributed by atoms with Crippen LogP contribution in [0, 0.1) is 17.2 Å². The Morgan fingerprint density at radius 1 is 1.69 bits per heavy atom. The highest BCUT2D eigenvalue weighted by atomic mass is 19.1. The van der Waals surface area contributed by atoms with Crippen LogP contribution in [-0.2, 0) is 0 Å². The highest BCUT2D eigenvalue weighted by molar-refractivity contribution is 5.35. The van der Waals surface area contributed by atoms with E-state index in [4.69, 9.17) is 5.26 Å². The molecule has 0 aromatic carbocycles. The Balaban J connectivity index is 2.86. The van der Waals surface area contributed by atoms with Gasteiger partial charge in [0.2, 0.25) is 0 Å². The van der Waals surface area contributed by atoms with Crippen molar-refractivity contribution in [1.29, 1.82) is 5.26 Å². The van der Waals surface area contributed by atoms with Crippen LogP contribution >= 0.6 is 0 Å². The van der Waals surface area contributed by atoms with Crippen molar-refractivity contribution in [1.82, 2.24) is 5.32 Å². The maximum absolute atomic E-state index is 13.1. The molecule has 0 amide bonds. The number of hydrogen-bond donors (Lipinski definition) is 1. The van der Waals surface area contributed by atoms with Gasteiger partial charge in [-0.25, -0.2) is 8.78 Å². The van der Waals surface area contributed by atoms with E-state index in [1.807, 2.05) is 6.07 Å². The lowest BCUT2D eigenvalue weighted by molar-refractivity contribution is 0.506. The Morgan fingerprint density at radius 2 is 2.38 bits per heavy atom. The van der Waals surface area contributed by atoms with E-state index in [9.17, 15) is 8.78 Å². The molecule has 1 N–H and O–H groups in total. The number of rotatable bonds is 2. The van der Waals surface area contributed by atoms with Gasteiger partial charge in [-0.15, -0.1) is 0 Å². The van der Waals surface area contributed by atoms with Crippen LogP contribution in [0.4, 0.5) is 8.78 Å². The average molecular weight is 184 g/mol. The Bertz CT molecular complexity index is 299. The Kier molecular flexibility index (Phi) is 3.15. The summed E-state index contributed by atoms with van der Waals surface area (Å²) >= 11 is 0. The number of hydrogen-bond acceptors (Lipinski definition) is 2. The molecule has 0 bridgehead atoms. The zero-order valence-corrected chi connectivity index (χ0v) is 7.27. The Labute approximate surface area is 75.5 Å². The summed E-state index contributed by atoms with van der Waals surface area (Å²) in [5.74, 6) is -1.81. The van der Waals surface area contributed by atoms with Gasteiger partial charge in [0.15, 0.2) is 0 Å². The quantitative estimate of drug-likeness (QED) is 0.710. The summed E-state index contributed by atoms with van der Waals surface area (Å²) in [6, 6.07) is 1.82. The van der Waals surface area contributed by atoms with E-state index in [0.717, 1.165) is 6.08 Å². The predicted molar refractivity (Wildman–Crippen MR) is 45.0 cm³/mol. The van der Waals surface area contributed by atoms with E-state index in [1.165, 1.54) is 0 Å². The summed E-state index contributed by atoms with van der Waals surface area (Å²) in [6.45, 7) is 0.159. The second-order valence-corrected chi connectivity index (χ2v) is 2.87. The van der Waals surface area contributed by atoms with E-state index in [2.05, 4.69) is 5.32 Å². The molecule has 1 unspecified atom stereocenters. The van der Waals surface area contributed by atoms with Crippen LogP contribution in [0.15, 0.2) is 23.3 Å². The largest absolute Gasteiger partial charge is 0.315 e. The highest BCUT2D eigenvalue weighted by Gasteiger charge is 2.21. The van der Waals surface area contributed by atoms with E-state index in [-0.39, 0.29) is 18.5 Å². The first-order valence-corrected chi connectivity index (χ1v) is 3.98. The fourth-order valence-electron chi connectivity index (χ4n) is 1.22. The van der Waals surface area contributed by atoms with Gasteiger partial charge in [-0.3, -0.25) is 0 Å². The minimum atomic E-state index is -0.666. The van der Waals surface area contributed by atoms with Crippen molar-refractivity contribution in [3.63, 3.8) is 0 Å². The van der Waals surface area contributed by atoms with Gasteiger partial charge in [-0.2, -0.15) is 5.26 Å². The van der Waals surface area contributed by atoms with Crippen molar-refractivity contribution in [2.45, 2.75) is 6.42 Å². The van der Waals surface area contributed by atoms with Gasteiger partial charge in [0, 0.05) is 18.5 Å². The molecule has 0 saturated heterocycles. The second-order valence-electron chi connectivity index (χ2n) is 2.87. The first-order valence-electron chi connectivity index (χ1n) is 3.98. The summed E-state index contributed by atoms with van der Waals surface area (Å²) < 4.78 is 26.2. The van der Waals surface area contributed by atoms with Gasteiger partial charge < -0.3 is 5.32 Å². The summed E-state index contributed by atoms with van der Waals surface area (Å²) in [5.41, 5.74) is 0.0361. The molecule has 1 aliphatic carbocycles. The molecule has 1 rings (SSSR count). The molecule has 0 heterocycles. The zero-order valence-electron chi connectivity index (χ0n) is 7.27. The third-order valence-corrected chi connectivity index (χ3v) is 1.88. The molecule has 1 aliphatic rings. The van der Waals surface area contributed by atoms with Crippen molar-refractivity contribution in [2.75, 3.05) is 13.6 Å². The van der Waals surface area contributed by atoms with Gasteiger partial charge in [-0.1, -0.05) is 0 Å². The minimum Gasteiger partial charge on any atom is -0.315 e. The molecular formula is C9H10F2N2. The monoisotopic (exact) mass is 184 g/mol. The molecule has 4 heteroatoms. The van der Waals surface area contributed by atoms with Gasteiger partial charge in [0.1, 0.15) is 11.7 Å². The van der Waals surface area contributed by atoms with E-state index in [0.29, 0.717) is 0 Å². The number of likely N-dealkylation sites (N-methyl/N-ethyl adjacent to an activating group) is 1. The Hall–Kier alpha value is -1.21. The molecule has 0 saturated carbocycles. The van der Waals surface area contributed by atoms with Gasteiger partial charge in [0.25, 0.3) is 0 Å². The first kappa shape index (κ1) is 9.87. The van der Waals surface area contributed by atoms with Gasteiger partial charge in [-0.05, 0) is 13.1 Å². The van der Waals surface area contributed by atoms with Crippen molar-refractivity contribution in [3.8, 4) is 6.07 Å². The van der Waals surface area contributed by atoms with Crippen LogP contribution in [0.1, 0.15) is 6.42 Å². The maximum Gasteiger partial charge on any atom is 0.127 e. The SMILES string of the molecule is CNCC1=C(F)CC(C#N)C=C1F. The van der Waals surface area contributed by atoms with Gasteiger partial charge in [0.05, 0.1) is 12.0 Å². The van der Waals surface area contributed by atoms with Crippen LogP contribution in [0.5, 0.6) is 0 Å². The third kappa shape index (κ3) is 2.13. The molecule has 0 spiro atoms. The number of nitrogens with one attached hydrogen (secondary N) is 1. The molecular weight excluding hydrogens is 174 g/mol. The lowest BCUT2D eigenvalue weighted by Gasteiger charge is -2.14. The van der Waals surface area contributed by atoms with Crippen molar-refractivity contribution in [2.24, 2.45) is 5.92 Å². The van der Waals surface area contributed by atoms with E-state index in [1.54, 1.807) is 7.05 Å². The van der Waals surface area contributed by atoms with Crippen molar-refractivity contribution >= 4 is 0 Å². The molecule has 0 aliphatic heterocycles. The predicted octanol–water partition coefficient (Wildman–Crippen LogP) is 1.83. The summed E-state index contributed by atoms with van der Waals surface area (Å²) in [7, 11) is 1.62. The molecule has 0 radical (unpaired) electrons. The molecule has 2 nitrogen and oxygen atoms in total.